The van der Waals surface area contributed by atoms with Crippen LogP contribution < -0.4 is 5.73 Å². The molecular weight excluding hydrogens is 246 g/mol. The van der Waals surface area contributed by atoms with Crippen molar-refractivity contribution in [2.24, 2.45) is 16.3 Å². The average molecular weight is 265 g/mol. The molecule has 0 radical (unpaired) electrons. The molecule has 19 heavy (non-hydrogen) atoms. The fourth-order valence-electron chi connectivity index (χ4n) is 2.36. The van der Waals surface area contributed by atoms with Crippen LogP contribution in [0.2, 0.25) is 0 Å². The quantitative estimate of drug-likeness (QED) is 0.367. The van der Waals surface area contributed by atoms with Gasteiger partial charge in [0.1, 0.15) is 11.6 Å². The zero-order chi connectivity index (χ0) is 14.0. The average Bonchev–Trinajstić information content (AvgIpc) is 2.84. The summed E-state index contributed by atoms with van der Waals surface area (Å²) in [7, 11) is 0. The van der Waals surface area contributed by atoms with Crippen LogP contribution in [0.3, 0.4) is 0 Å². The minimum Gasteiger partial charge on any atom is -0.469 e. The van der Waals surface area contributed by atoms with Crippen molar-refractivity contribution in [1.29, 1.82) is 0 Å². The molecule has 104 valence electrons. The van der Waals surface area contributed by atoms with Crippen LogP contribution in [0.1, 0.15) is 35.9 Å². The van der Waals surface area contributed by atoms with Gasteiger partial charge in [0.05, 0.1) is 11.8 Å². The standard InChI is InChI=1S/C13H19N3O3/c1-9-10(3-8-19-9)11(17)16-6-4-13(2,5-7-16)12(14)15-18/h3,8,18H,4-7H2,1-2H3,(H2,14,15). The van der Waals surface area contributed by atoms with E-state index in [1.165, 1.54) is 6.26 Å². The van der Waals surface area contributed by atoms with E-state index >= 15 is 0 Å². The summed E-state index contributed by atoms with van der Waals surface area (Å²) in [6, 6.07) is 1.69. The van der Waals surface area contributed by atoms with Crippen molar-refractivity contribution in [3.8, 4) is 0 Å². The zero-order valence-corrected chi connectivity index (χ0v) is 11.2. The molecule has 1 fully saturated rings. The molecule has 2 heterocycles. The van der Waals surface area contributed by atoms with E-state index in [2.05, 4.69) is 5.16 Å². The van der Waals surface area contributed by atoms with E-state index < -0.39 is 0 Å². The van der Waals surface area contributed by atoms with Gasteiger partial charge in [0.25, 0.3) is 5.91 Å². The smallest absolute Gasteiger partial charge is 0.257 e. The number of hydrogen-bond acceptors (Lipinski definition) is 4. The number of likely N-dealkylation sites (tertiary alicyclic amines) is 1. The molecule has 1 saturated heterocycles. The van der Waals surface area contributed by atoms with Crippen LogP contribution in [0, 0.1) is 12.3 Å². The number of piperidine rings is 1. The number of nitrogens with two attached hydrogens (primary N) is 1. The number of rotatable bonds is 2. The summed E-state index contributed by atoms with van der Waals surface area (Å²) in [5.41, 5.74) is 5.97. The van der Waals surface area contributed by atoms with Gasteiger partial charge in [-0.2, -0.15) is 0 Å². The normalized spacial score (nSPS) is 19.5. The molecule has 6 heteroatoms. The van der Waals surface area contributed by atoms with E-state index in [0.717, 1.165) is 0 Å². The van der Waals surface area contributed by atoms with Crippen molar-refractivity contribution < 1.29 is 14.4 Å². The Bertz CT molecular complexity index is 499. The highest BCUT2D eigenvalue weighted by atomic mass is 16.4. The van der Waals surface area contributed by atoms with E-state index in [-0.39, 0.29) is 17.2 Å². The summed E-state index contributed by atoms with van der Waals surface area (Å²) in [6.45, 7) is 4.91. The SMILES string of the molecule is Cc1occc1C(=O)N1CCC(C)(/C(N)=N/O)CC1. The minimum atomic E-state index is -0.336. The zero-order valence-electron chi connectivity index (χ0n) is 11.2. The summed E-state index contributed by atoms with van der Waals surface area (Å²) in [6.07, 6.45) is 2.89. The maximum absolute atomic E-state index is 12.3. The molecule has 0 aromatic carbocycles. The first kappa shape index (κ1) is 13.5. The van der Waals surface area contributed by atoms with Gasteiger partial charge in [-0.05, 0) is 25.8 Å². The Labute approximate surface area is 111 Å². The third kappa shape index (κ3) is 2.43. The van der Waals surface area contributed by atoms with E-state index in [1.54, 1.807) is 17.9 Å². The van der Waals surface area contributed by atoms with Gasteiger partial charge < -0.3 is 20.3 Å². The molecule has 1 amide bonds. The first-order chi connectivity index (χ1) is 8.98. The van der Waals surface area contributed by atoms with E-state index in [4.69, 9.17) is 15.4 Å². The maximum Gasteiger partial charge on any atom is 0.257 e. The first-order valence-corrected chi connectivity index (χ1v) is 6.29. The topological polar surface area (TPSA) is 92.1 Å². The van der Waals surface area contributed by atoms with Crippen LogP contribution in [0.5, 0.6) is 0 Å². The monoisotopic (exact) mass is 265 g/mol. The summed E-state index contributed by atoms with van der Waals surface area (Å²) in [5.74, 6) is 0.849. The fraction of sp³-hybridized carbons (Fsp3) is 0.538. The van der Waals surface area contributed by atoms with Gasteiger partial charge in [-0.1, -0.05) is 12.1 Å². The van der Waals surface area contributed by atoms with E-state index in [9.17, 15) is 4.79 Å². The van der Waals surface area contributed by atoms with Crippen molar-refractivity contribution in [3.05, 3.63) is 23.7 Å². The Balaban J connectivity index is 2.05. The first-order valence-electron chi connectivity index (χ1n) is 6.29. The van der Waals surface area contributed by atoms with Gasteiger partial charge in [-0.15, -0.1) is 0 Å². The van der Waals surface area contributed by atoms with Crippen LogP contribution in [0.4, 0.5) is 0 Å². The van der Waals surface area contributed by atoms with Crippen LogP contribution in [0.15, 0.2) is 21.9 Å². The van der Waals surface area contributed by atoms with Crippen molar-refractivity contribution in [2.75, 3.05) is 13.1 Å². The molecule has 6 nitrogen and oxygen atoms in total. The summed E-state index contributed by atoms with van der Waals surface area (Å²) in [4.78, 5) is 14.1. The van der Waals surface area contributed by atoms with Crippen molar-refractivity contribution in [2.45, 2.75) is 26.7 Å². The van der Waals surface area contributed by atoms with Crippen molar-refractivity contribution in [1.82, 2.24) is 4.90 Å². The molecule has 2 rings (SSSR count). The number of carbonyl (C=O) groups is 1. The Hall–Kier alpha value is -1.98. The lowest BCUT2D eigenvalue weighted by Gasteiger charge is -2.38. The largest absolute Gasteiger partial charge is 0.469 e. The highest BCUT2D eigenvalue weighted by Gasteiger charge is 2.36. The van der Waals surface area contributed by atoms with Crippen LogP contribution in [-0.2, 0) is 0 Å². The van der Waals surface area contributed by atoms with Gasteiger partial charge in [0.15, 0.2) is 0 Å². The number of nitrogens with zero attached hydrogens (tertiary/aromatic N) is 2. The molecule has 1 aromatic heterocycles. The fourth-order valence-corrected chi connectivity index (χ4v) is 2.36. The number of carbonyl (C=O) groups excluding carboxylic acids is 1. The van der Waals surface area contributed by atoms with E-state index in [1.807, 2.05) is 6.92 Å². The Morgan fingerprint density at radius 1 is 1.53 bits per heavy atom. The predicted octanol–water partition coefficient (Wildman–Crippen LogP) is 1.58. The summed E-state index contributed by atoms with van der Waals surface area (Å²) < 4.78 is 5.15. The molecule has 1 aliphatic heterocycles. The predicted molar refractivity (Wildman–Crippen MR) is 70.1 cm³/mol. The maximum atomic E-state index is 12.3. The second kappa shape index (κ2) is 4.95. The van der Waals surface area contributed by atoms with Gasteiger partial charge in [-0.25, -0.2) is 0 Å². The summed E-state index contributed by atoms with van der Waals surface area (Å²) in [5, 5.41) is 11.9. The van der Waals surface area contributed by atoms with Gasteiger partial charge in [-0.3, -0.25) is 4.79 Å². The van der Waals surface area contributed by atoms with Gasteiger partial charge in [0, 0.05) is 18.5 Å². The molecule has 3 N–H and O–H groups in total. The van der Waals surface area contributed by atoms with Crippen LogP contribution in [0.25, 0.3) is 0 Å². The van der Waals surface area contributed by atoms with Crippen LogP contribution >= 0.6 is 0 Å². The Morgan fingerprint density at radius 3 is 2.63 bits per heavy atom. The third-order valence-corrected chi connectivity index (χ3v) is 3.97. The minimum absolute atomic E-state index is 0.0205. The Kier molecular flexibility index (Phi) is 3.50. The number of hydrogen-bond donors (Lipinski definition) is 2. The number of amides is 1. The molecule has 1 aliphatic rings. The van der Waals surface area contributed by atoms with Crippen molar-refractivity contribution >= 4 is 11.7 Å². The highest BCUT2D eigenvalue weighted by Crippen LogP contribution is 2.31. The second-order valence-electron chi connectivity index (χ2n) is 5.23. The lowest BCUT2D eigenvalue weighted by atomic mass is 9.79. The highest BCUT2D eigenvalue weighted by molar-refractivity contribution is 5.95. The molecule has 1 aromatic rings. The molecule has 0 atom stereocenters. The van der Waals surface area contributed by atoms with Gasteiger partial charge >= 0.3 is 0 Å². The number of amidine groups is 1. The summed E-state index contributed by atoms with van der Waals surface area (Å²) >= 11 is 0. The molecule has 0 spiro atoms. The van der Waals surface area contributed by atoms with Crippen molar-refractivity contribution in [3.63, 3.8) is 0 Å². The van der Waals surface area contributed by atoms with Crippen LogP contribution in [-0.4, -0.2) is 34.9 Å². The third-order valence-electron chi connectivity index (χ3n) is 3.97. The van der Waals surface area contributed by atoms with Gasteiger partial charge in [0.2, 0.25) is 0 Å². The Morgan fingerprint density at radius 2 is 2.16 bits per heavy atom. The lowest BCUT2D eigenvalue weighted by molar-refractivity contribution is 0.0665. The molecule has 0 bridgehead atoms. The van der Waals surface area contributed by atoms with E-state index in [0.29, 0.717) is 37.3 Å². The molecular formula is C13H19N3O3. The number of oxime groups is 1. The lowest BCUT2D eigenvalue weighted by Crippen LogP contribution is -2.47. The molecule has 0 unspecified atom stereocenters. The molecule has 0 saturated carbocycles. The number of aryl methyl sites for hydroxylation is 1. The second-order valence-corrected chi connectivity index (χ2v) is 5.23. The number of furan rings is 1. The molecule has 0 aliphatic carbocycles.